The summed E-state index contributed by atoms with van der Waals surface area (Å²) < 4.78 is 1.54. The SMILES string of the molecule is O=C(Nc1cc(Br)cnc1Cl)c1cc(I)ccc1O. The maximum absolute atomic E-state index is 12.1. The summed E-state index contributed by atoms with van der Waals surface area (Å²) >= 11 is 11.2. The van der Waals surface area contributed by atoms with Crippen LogP contribution in [0.1, 0.15) is 10.4 Å². The number of aromatic hydroxyl groups is 1. The van der Waals surface area contributed by atoms with Crippen LogP contribution in [0.15, 0.2) is 34.9 Å². The molecule has 0 saturated heterocycles. The third kappa shape index (κ3) is 3.58. The molecule has 2 N–H and O–H groups in total. The normalized spacial score (nSPS) is 10.3. The second kappa shape index (κ2) is 6.06. The Balaban J connectivity index is 2.30. The van der Waals surface area contributed by atoms with Crippen LogP contribution in [0, 0.1) is 3.57 Å². The Hall–Kier alpha value is -0.860. The first-order valence-electron chi connectivity index (χ1n) is 5.08. The Labute approximate surface area is 136 Å². The molecular formula is C12H7BrClIN2O2. The van der Waals surface area contributed by atoms with Crippen LogP contribution in [0.3, 0.4) is 0 Å². The Bertz CT molecular complexity index is 652. The minimum atomic E-state index is -0.446. The third-order valence-corrected chi connectivity index (χ3v) is 3.66. The maximum Gasteiger partial charge on any atom is 0.259 e. The van der Waals surface area contributed by atoms with Crippen LogP contribution in [-0.2, 0) is 0 Å². The lowest BCUT2D eigenvalue weighted by Gasteiger charge is -2.08. The van der Waals surface area contributed by atoms with Gasteiger partial charge in [-0.15, -0.1) is 0 Å². The number of phenolic OH excluding ortho intramolecular Hbond substituents is 1. The van der Waals surface area contributed by atoms with Crippen molar-refractivity contribution in [2.75, 3.05) is 5.32 Å². The van der Waals surface area contributed by atoms with E-state index >= 15 is 0 Å². The molecule has 7 heteroatoms. The van der Waals surface area contributed by atoms with Crippen molar-refractivity contribution in [2.45, 2.75) is 0 Å². The molecular weight excluding hydrogens is 446 g/mol. The highest BCUT2D eigenvalue weighted by molar-refractivity contribution is 14.1. The summed E-state index contributed by atoms with van der Waals surface area (Å²) in [5, 5.41) is 12.5. The fourth-order valence-electron chi connectivity index (χ4n) is 1.39. The van der Waals surface area contributed by atoms with E-state index in [1.54, 1.807) is 18.2 Å². The van der Waals surface area contributed by atoms with E-state index < -0.39 is 5.91 Å². The number of phenols is 1. The van der Waals surface area contributed by atoms with Crippen molar-refractivity contribution >= 4 is 61.7 Å². The molecule has 0 aliphatic heterocycles. The summed E-state index contributed by atoms with van der Waals surface area (Å²) in [6.45, 7) is 0. The molecule has 19 heavy (non-hydrogen) atoms. The molecule has 2 rings (SSSR count). The molecule has 1 aromatic heterocycles. The van der Waals surface area contributed by atoms with Gasteiger partial charge >= 0.3 is 0 Å². The number of hydrogen-bond donors (Lipinski definition) is 2. The summed E-state index contributed by atoms with van der Waals surface area (Å²) in [6, 6.07) is 6.40. The number of nitrogens with zero attached hydrogens (tertiary/aromatic N) is 1. The summed E-state index contributed by atoms with van der Waals surface area (Å²) in [5.41, 5.74) is 0.558. The van der Waals surface area contributed by atoms with Crippen LogP contribution in [-0.4, -0.2) is 16.0 Å². The molecule has 0 spiro atoms. The molecule has 4 nitrogen and oxygen atoms in total. The molecule has 0 saturated carbocycles. The van der Waals surface area contributed by atoms with Gasteiger partial charge in [-0.3, -0.25) is 4.79 Å². The van der Waals surface area contributed by atoms with E-state index in [1.165, 1.54) is 12.3 Å². The van der Waals surface area contributed by atoms with Crippen LogP contribution in [0.25, 0.3) is 0 Å². The topological polar surface area (TPSA) is 62.2 Å². The van der Waals surface area contributed by atoms with Crippen molar-refractivity contribution in [3.63, 3.8) is 0 Å². The molecule has 0 atom stereocenters. The molecule has 0 aliphatic carbocycles. The van der Waals surface area contributed by atoms with Crippen LogP contribution in [0.2, 0.25) is 5.15 Å². The molecule has 0 radical (unpaired) electrons. The molecule has 0 unspecified atom stereocenters. The fourth-order valence-corrected chi connectivity index (χ4v) is 2.36. The van der Waals surface area contributed by atoms with E-state index in [0.717, 1.165) is 3.57 Å². The quantitative estimate of drug-likeness (QED) is 0.533. The minimum Gasteiger partial charge on any atom is -0.507 e. The highest BCUT2D eigenvalue weighted by atomic mass is 127. The van der Waals surface area contributed by atoms with Crippen LogP contribution in [0.5, 0.6) is 5.75 Å². The second-order valence-electron chi connectivity index (χ2n) is 3.61. The Morgan fingerprint density at radius 2 is 2.16 bits per heavy atom. The number of nitrogens with one attached hydrogen (secondary N) is 1. The van der Waals surface area contributed by atoms with Crippen molar-refractivity contribution < 1.29 is 9.90 Å². The van der Waals surface area contributed by atoms with Gasteiger partial charge in [-0.05, 0) is 62.8 Å². The highest BCUT2D eigenvalue weighted by Crippen LogP contribution is 2.25. The zero-order valence-corrected chi connectivity index (χ0v) is 13.8. The number of carbonyl (C=O) groups excluding carboxylic acids is 1. The summed E-state index contributed by atoms with van der Waals surface area (Å²) in [6.07, 6.45) is 1.53. The lowest BCUT2D eigenvalue weighted by atomic mass is 10.2. The fraction of sp³-hybridized carbons (Fsp3) is 0. The predicted octanol–water partition coefficient (Wildman–Crippen LogP) is 4.06. The van der Waals surface area contributed by atoms with Gasteiger partial charge in [-0.2, -0.15) is 0 Å². The average molecular weight is 453 g/mol. The first-order valence-corrected chi connectivity index (χ1v) is 7.33. The van der Waals surface area contributed by atoms with E-state index in [9.17, 15) is 9.90 Å². The van der Waals surface area contributed by atoms with Gasteiger partial charge in [0.2, 0.25) is 0 Å². The first kappa shape index (κ1) is 14.5. The Morgan fingerprint density at radius 3 is 2.89 bits per heavy atom. The predicted molar refractivity (Wildman–Crippen MR) is 85.7 cm³/mol. The lowest BCUT2D eigenvalue weighted by molar-refractivity contribution is 0.102. The Morgan fingerprint density at radius 1 is 1.42 bits per heavy atom. The number of pyridine rings is 1. The lowest BCUT2D eigenvalue weighted by Crippen LogP contribution is -2.13. The standard InChI is InChI=1S/C12H7BrClIN2O2/c13-6-3-9(11(14)16-5-6)17-12(19)8-4-7(15)1-2-10(8)18/h1-5,18H,(H,17,19). The number of rotatable bonds is 2. The van der Waals surface area contributed by atoms with E-state index in [2.05, 4.69) is 48.8 Å². The first-order chi connectivity index (χ1) is 8.97. The van der Waals surface area contributed by atoms with Crippen molar-refractivity contribution in [3.05, 3.63) is 49.2 Å². The molecule has 2 aromatic rings. The van der Waals surface area contributed by atoms with Crippen molar-refractivity contribution in [1.82, 2.24) is 4.98 Å². The smallest absolute Gasteiger partial charge is 0.259 e. The summed E-state index contributed by atoms with van der Waals surface area (Å²) in [4.78, 5) is 16.0. The van der Waals surface area contributed by atoms with E-state index in [4.69, 9.17) is 11.6 Å². The number of aromatic nitrogens is 1. The number of amides is 1. The van der Waals surface area contributed by atoms with Gasteiger partial charge < -0.3 is 10.4 Å². The van der Waals surface area contributed by atoms with Gasteiger partial charge in [0.15, 0.2) is 5.15 Å². The number of benzene rings is 1. The van der Waals surface area contributed by atoms with Gasteiger partial charge in [0.25, 0.3) is 5.91 Å². The summed E-state index contributed by atoms with van der Waals surface area (Å²) in [7, 11) is 0. The molecule has 0 fully saturated rings. The summed E-state index contributed by atoms with van der Waals surface area (Å²) in [5.74, 6) is -0.533. The van der Waals surface area contributed by atoms with Gasteiger partial charge in [-0.1, -0.05) is 11.6 Å². The molecule has 1 amide bonds. The van der Waals surface area contributed by atoms with Gasteiger partial charge in [0.1, 0.15) is 5.75 Å². The Kier molecular flexibility index (Phi) is 4.64. The highest BCUT2D eigenvalue weighted by Gasteiger charge is 2.14. The molecule has 1 heterocycles. The zero-order valence-electron chi connectivity index (χ0n) is 9.32. The van der Waals surface area contributed by atoms with E-state index in [0.29, 0.717) is 10.2 Å². The number of halogens is 3. The molecule has 0 bridgehead atoms. The molecule has 1 aromatic carbocycles. The maximum atomic E-state index is 12.1. The van der Waals surface area contributed by atoms with Crippen LogP contribution < -0.4 is 5.32 Å². The van der Waals surface area contributed by atoms with Crippen LogP contribution in [0.4, 0.5) is 5.69 Å². The van der Waals surface area contributed by atoms with Crippen LogP contribution >= 0.6 is 50.1 Å². The monoisotopic (exact) mass is 452 g/mol. The minimum absolute atomic E-state index is 0.0861. The van der Waals surface area contributed by atoms with Gasteiger partial charge in [0, 0.05) is 14.2 Å². The zero-order chi connectivity index (χ0) is 14.0. The third-order valence-electron chi connectivity index (χ3n) is 2.26. The van der Waals surface area contributed by atoms with E-state index in [-0.39, 0.29) is 16.5 Å². The second-order valence-corrected chi connectivity index (χ2v) is 6.13. The van der Waals surface area contributed by atoms with E-state index in [1.807, 2.05) is 0 Å². The van der Waals surface area contributed by atoms with Gasteiger partial charge in [0.05, 0.1) is 11.3 Å². The largest absolute Gasteiger partial charge is 0.507 e. The molecule has 98 valence electrons. The average Bonchev–Trinajstić information content (AvgIpc) is 2.36. The van der Waals surface area contributed by atoms with Crippen molar-refractivity contribution in [3.8, 4) is 5.75 Å². The number of carbonyl (C=O) groups is 1. The number of hydrogen-bond acceptors (Lipinski definition) is 3. The van der Waals surface area contributed by atoms with Crippen molar-refractivity contribution in [2.24, 2.45) is 0 Å². The van der Waals surface area contributed by atoms with Crippen molar-refractivity contribution in [1.29, 1.82) is 0 Å². The number of anilines is 1. The van der Waals surface area contributed by atoms with Gasteiger partial charge in [-0.25, -0.2) is 4.98 Å². The molecule has 0 aliphatic rings.